The van der Waals surface area contributed by atoms with Crippen molar-refractivity contribution < 1.29 is 18.5 Å². The Hall–Kier alpha value is -3.66. The summed E-state index contributed by atoms with van der Waals surface area (Å²) in [5.41, 5.74) is 2.30. The van der Waals surface area contributed by atoms with Gasteiger partial charge in [-0.3, -0.25) is 4.79 Å². The molecule has 0 atom stereocenters. The zero-order valence-corrected chi connectivity index (χ0v) is 25.5. The number of para-hydroxylation sites is 1. The number of anilines is 6. The Labute approximate surface area is 245 Å². The summed E-state index contributed by atoms with van der Waals surface area (Å²) in [5.74, 6) is 0.607. The molecule has 41 heavy (non-hydrogen) atoms. The lowest BCUT2D eigenvalue weighted by atomic mass is 10.2. The first-order chi connectivity index (χ1) is 19.5. The SMILES string of the molecule is C=CC(=O)Nc1cc(Nc2ncc(Cl)c(Nc3ccccc3P(C)(C)=O)n2)c(OC)cc1N(C)CCN(C)CCF. The molecule has 220 valence electrons. The van der Waals surface area contributed by atoms with Crippen LogP contribution in [0.3, 0.4) is 0 Å². The van der Waals surface area contributed by atoms with Gasteiger partial charge in [0.15, 0.2) is 5.82 Å². The van der Waals surface area contributed by atoms with Crippen molar-refractivity contribution in [2.75, 3.05) is 81.7 Å². The first-order valence-electron chi connectivity index (χ1n) is 12.8. The van der Waals surface area contributed by atoms with E-state index in [4.69, 9.17) is 16.3 Å². The smallest absolute Gasteiger partial charge is 0.247 e. The summed E-state index contributed by atoms with van der Waals surface area (Å²) in [6, 6.07) is 10.8. The van der Waals surface area contributed by atoms with Crippen LogP contribution in [0.5, 0.6) is 5.75 Å². The quantitative estimate of drug-likeness (QED) is 0.166. The van der Waals surface area contributed by atoms with Crippen molar-refractivity contribution in [1.82, 2.24) is 14.9 Å². The lowest BCUT2D eigenvalue weighted by molar-refractivity contribution is -0.111. The highest BCUT2D eigenvalue weighted by Gasteiger charge is 2.19. The first-order valence-corrected chi connectivity index (χ1v) is 15.8. The lowest BCUT2D eigenvalue weighted by Gasteiger charge is -2.26. The van der Waals surface area contributed by atoms with E-state index in [2.05, 4.69) is 32.5 Å². The maximum Gasteiger partial charge on any atom is 0.247 e. The minimum atomic E-state index is -2.58. The molecule has 3 rings (SSSR count). The Bertz CT molecular complexity index is 1440. The second kappa shape index (κ2) is 14.3. The van der Waals surface area contributed by atoms with Crippen LogP contribution in [0.1, 0.15) is 0 Å². The van der Waals surface area contributed by atoms with Gasteiger partial charge in [0, 0.05) is 38.1 Å². The van der Waals surface area contributed by atoms with E-state index < -0.39 is 13.8 Å². The van der Waals surface area contributed by atoms with Crippen LogP contribution >= 0.6 is 18.7 Å². The number of nitrogens with zero attached hydrogens (tertiary/aromatic N) is 4. The number of carbonyl (C=O) groups excluding carboxylic acids is 1. The van der Waals surface area contributed by atoms with E-state index in [0.29, 0.717) is 59.3 Å². The van der Waals surface area contributed by atoms with Crippen molar-refractivity contribution in [3.05, 3.63) is 60.3 Å². The summed E-state index contributed by atoms with van der Waals surface area (Å²) >= 11 is 6.40. The van der Waals surface area contributed by atoms with Gasteiger partial charge in [0.1, 0.15) is 24.6 Å². The number of methoxy groups -OCH3 is 1. The van der Waals surface area contributed by atoms with Crippen LogP contribution in [0.25, 0.3) is 0 Å². The van der Waals surface area contributed by atoms with Crippen molar-refractivity contribution in [1.29, 1.82) is 0 Å². The molecule has 0 aliphatic heterocycles. The summed E-state index contributed by atoms with van der Waals surface area (Å²) in [6.45, 7) is 8.02. The number of alkyl halides is 1. The number of amides is 1. The monoisotopic (exact) mass is 603 g/mol. The van der Waals surface area contributed by atoms with Crippen LogP contribution in [0.4, 0.5) is 38.9 Å². The van der Waals surface area contributed by atoms with Gasteiger partial charge in [-0.1, -0.05) is 30.3 Å². The largest absolute Gasteiger partial charge is 0.494 e. The molecule has 3 N–H and O–H groups in total. The molecule has 0 spiro atoms. The molecule has 3 aromatic rings. The fourth-order valence-corrected chi connectivity index (χ4v) is 5.24. The standard InChI is InChI=1S/C28H36ClFN7O3P/c1-7-26(38)32-21-16-22(24(40-4)17-23(21)37(3)15-14-36(2)13-12-30)34-28-31-18-19(29)27(35-28)33-20-10-8-9-11-25(20)41(5,6)39/h7-11,16-18H,1,12-15H2,2-6H3,(H,32,38)(H2,31,33,34,35). The molecule has 1 heterocycles. The average molecular weight is 604 g/mol. The predicted octanol–water partition coefficient (Wildman–Crippen LogP) is 5.34. The third-order valence-electron chi connectivity index (χ3n) is 6.18. The maximum atomic E-state index is 12.8. The minimum absolute atomic E-state index is 0.207. The molecule has 1 aromatic heterocycles. The third kappa shape index (κ3) is 8.66. The topological polar surface area (TPSA) is 112 Å². The van der Waals surface area contributed by atoms with Crippen molar-refractivity contribution in [2.24, 2.45) is 0 Å². The van der Waals surface area contributed by atoms with Gasteiger partial charge < -0.3 is 35.1 Å². The van der Waals surface area contributed by atoms with Crippen LogP contribution in [-0.2, 0) is 9.36 Å². The van der Waals surface area contributed by atoms with Gasteiger partial charge in [-0.25, -0.2) is 9.37 Å². The van der Waals surface area contributed by atoms with Crippen molar-refractivity contribution in [3.63, 3.8) is 0 Å². The Balaban J connectivity index is 1.96. The van der Waals surface area contributed by atoms with E-state index in [9.17, 15) is 13.8 Å². The first kappa shape index (κ1) is 31.9. The minimum Gasteiger partial charge on any atom is -0.494 e. The second-order valence-electron chi connectivity index (χ2n) is 9.68. The highest BCUT2D eigenvalue weighted by molar-refractivity contribution is 7.70. The van der Waals surface area contributed by atoms with E-state index in [1.165, 1.54) is 19.4 Å². The van der Waals surface area contributed by atoms with Gasteiger partial charge in [-0.05, 0) is 44.7 Å². The molecule has 10 nitrogen and oxygen atoms in total. The number of hydrogen-bond donors (Lipinski definition) is 3. The molecular weight excluding hydrogens is 568 g/mol. The van der Waals surface area contributed by atoms with Crippen molar-refractivity contribution >= 4 is 64.5 Å². The summed E-state index contributed by atoms with van der Waals surface area (Å²) in [7, 11) is 2.67. The molecule has 0 saturated carbocycles. The Morgan fingerprint density at radius 3 is 2.51 bits per heavy atom. The number of aromatic nitrogens is 2. The fourth-order valence-electron chi connectivity index (χ4n) is 3.94. The van der Waals surface area contributed by atoms with E-state index in [1.54, 1.807) is 31.5 Å². The van der Waals surface area contributed by atoms with E-state index in [0.717, 1.165) is 0 Å². The Kier molecular flexibility index (Phi) is 11.1. The summed E-state index contributed by atoms with van der Waals surface area (Å²) in [4.78, 5) is 24.9. The normalized spacial score (nSPS) is 11.2. The third-order valence-corrected chi connectivity index (χ3v) is 8.01. The maximum absolute atomic E-state index is 12.8. The van der Waals surface area contributed by atoms with Crippen molar-refractivity contribution in [2.45, 2.75) is 0 Å². The summed E-state index contributed by atoms with van der Waals surface area (Å²) in [5, 5.41) is 10.1. The van der Waals surface area contributed by atoms with E-state index in [-0.39, 0.29) is 16.9 Å². The number of benzene rings is 2. The van der Waals surface area contributed by atoms with Crippen LogP contribution in [0, 0.1) is 0 Å². The fraction of sp³-hybridized carbons (Fsp3) is 0.321. The molecule has 0 aliphatic rings. The van der Waals surface area contributed by atoms with Gasteiger partial charge in [-0.2, -0.15) is 4.98 Å². The van der Waals surface area contributed by atoms with Crippen molar-refractivity contribution in [3.8, 4) is 5.75 Å². The number of halogens is 2. The van der Waals surface area contributed by atoms with Gasteiger partial charge in [0.05, 0.1) is 36.1 Å². The number of rotatable bonds is 14. The highest BCUT2D eigenvalue weighted by atomic mass is 35.5. The number of likely N-dealkylation sites (N-methyl/N-ethyl adjacent to an activating group) is 2. The predicted molar refractivity (Wildman–Crippen MR) is 168 cm³/mol. The molecule has 0 saturated heterocycles. The van der Waals surface area contributed by atoms with Gasteiger partial charge >= 0.3 is 0 Å². The van der Waals surface area contributed by atoms with E-state index >= 15 is 0 Å². The summed E-state index contributed by atoms with van der Waals surface area (Å²) < 4.78 is 31.2. The Morgan fingerprint density at radius 1 is 1.12 bits per heavy atom. The molecule has 0 aliphatic carbocycles. The van der Waals surface area contributed by atoms with Crippen LogP contribution in [0.2, 0.25) is 5.02 Å². The Morgan fingerprint density at radius 2 is 1.85 bits per heavy atom. The second-order valence-corrected chi connectivity index (χ2v) is 13.3. The molecule has 13 heteroatoms. The zero-order valence-electron chi connectivity index (χ0n) is 23.9. The highest BCUT2D eigenvalue weighted by Crippen LogP contribution is 2.40. The number of ether oxygens (including phenoxy) is 1. The van der Waals surface area contributed by atoms with Gasteiger partial charge in [0.25, 0.3) is 0 Å². The van der Waals surface area contributed by atoms with Gasteiger partial charge in [0.2, 0.25) is 11.9 Å². The molecule has 0 fully saturated rings. The average Bonchev–Trinajstić information content (AvgIpc) is 2.93. The molecule has 1 amide bonds. The van der Waals surface area contributed by atoms with E-state index in [1.807, 2.05) is 42.1 Å². The summed E-state index contributed by atoms with van der Waals surface area (Å²) in [6.07, 6.45) is 2.63. The lowest BCUT2D eigenvalue weighted by Crippen LogP contribution is -2.32. The molecule has 0 unspecified atom stereocenters. The molecule has 2 aromatic carbocycles. The molecule has 0 bridgehead atoms. The van der Waals surface area contributed by atoms with Crippen LogP contribution in [-0.4, -0.2) is 81.6 Å². The molecular formula is C28H36ClFN7O3P. The number of hydrogen-bond acceptors (Lipinski definition) is 9. The molecule has 0 radical (unpaired) electrons. The van der Waals surface area contributed by atoms with Gasteiger partial charge in [-0.15, -0.1) is 0 Å². The van der Waals surface area contributed by atoms with Crippen LogP contribution < -0.4 is 30.9 Å². The number of nitrogens with one attached hydrogen (secondary N) is 3. The zero-order chi connectivity index (χ0) is 30.2. The van der Waals surface area contributed by atoms with Crippen LogP contribution in [0.15, 0.2) is 55.3 Å². The number of carbonyl (C=O) groups is 1.